The summed E-state index contributed by atoms with van der Waals surface area (Å²) in [6, 6.07) is 11.7. The Bertz CT molecular complexity index is 1070. The second-order valence-electron chi connectivity index (χ2n) is 8.84. The van der Waals surface area contributed by atoms with Crippen molar-refractivity contribution in [3.8, 4) is 11.1 Å². The van der Waals surface area contributed by atoms with Gasteiger partial charge in [0, 0.05) is 5.92 Å². The number of fused-ring (bicyclic) bond motifs is 3. The molecule has 2 aliphatic rings. The molecule has 1 fully saturated rings. The monoisotopic (exact) mass is 490 g/mol. The van der Waals surface area contributed by atoms with Gasteiger partial charge in [-0.25, -0.2) is 4.79 Å². The van der Waals surface area contributed by atoms with Crippen LogP contribution in [-0.2, 0) is 14.3 Å². The first-order chi connectivity index (χ1) is 16.6. The van der Waals surface area contributed by atoms with E-state index in [1.807, 2.05) is 48.5 Å². The van der Waals surface area contributed by atoms with E-state index in [0.29, 0.717) is 12.8 Å². The number of hydrogen-bond donors (Lipinski definition) is 3. The van der Waals surface area contributed by atoms with Crippen molar-refractivity contribution in [3.63, 3.8) is 0 Å². The second kappa shape index (κ2) is 9.97. The van der Waals surface area contributed by atoms with Gasteiger partial charge in [0.05, 0.1) is 6.42 Å². The van der Waals surface area contributed by atoms with Crippen LogP contribution < -0.4 is 10.6 Å². The molecule has 0 heterocycles. The summed E-state index contributed by atoms with van der Waals surface area (Å²) in [5.74, 6) is -3.34. The molecule has 2 aromatic carbocycles. The molecule has 2 aliphatic carbocycles. The van der Waals surface area contributed by atoms with Gasteiger partial charge in [-0.1, -0.05) is 55.0 Å². The number of alkyl halides is 3. The fraction of sp³-hybridized carbons (Fsp3) is 0.400. The van der Waals surface area contributed by atoms with Crippen LogP contribution in [0.4, 0.5) is 18.0 Å². The fourth-order valence-electron chi connectivity index (χ4n) is 4.62. The lowest BCUT2D eigenvalue weighted by molar-refractivity contribution is -0.170. The molecule has 2 amide bonds. The van der Waals surface area contributed by atoms with E-state index in [-0.39, 0.29) is 18.4 Å². The van der Waals surface area contributed by atoms with Gasteiger partial charge in [0.1, 0.15) is 18.7 Å². The summed E-state index contributed by atoms with van der Waals surface area (Å²) in [5.41, 5.74) is 4.08. The van der Waals surface area contributed by atoms with Gasteiger partial charge in [-0.3, -0.25) is 9.59 Å². The number of carbonyl (C=O) groups excluding carboxylic acids is 2. The highest BCUT2D eigenvalue weighted by Crippen LogP contribution is 2.44. The van der Waals surface area contributed by atoms with Gasteiger partial charge in [0.25, 0.3) is 0 Å². The first-order valence-corrected chi connectivity index (χ1v) is 11.4. The van der Waals surface area contributed by atoms with Crippen molar-refractivity contribution >= 4 is 18.0 Å². The largest absolute Gasteiger partial charge is 0.481 e. The number of carboxylic acid groups (broad SMARTS) is 1. The SMILES string of the molecule is O=C(O)CC(NC(=O)C(NC(=O)OCC1c2ccccc2-c2ccccc21)C1CCC1)C(F)(F)F. The maximum Gasteiger partial charge on any atom is 0.409 e. The summed E-state index contributed by atoms with van der Waals surface area (Å²) >= 11 is 0. The van der Waals surface area contributed by atoms with Gasteiger partial charge in [0.2, 0.25) is 5.91 Å². The third kappa shape index (κ3) is 5.41. The Hall–Kier alpha value is -3.56. The topological polar surface area (TPSA) is 105 Å². The van der Waals surface area contributed by atoms with Crippen molar-refractivity contribution in [1.29, 1.82) is 0 Å². The van der Waals surface area contributed by atoms with Crippen molar-refractivity contribution in [2.75, 3.05) is 6.61 Å². The smallest absolute Gasteiger partial charge is 0.409 e. The van der Waals surface area contributed by atoms with E-state index >= 15 is 0 Å². The van der Waals surface area contributed by atoms with Crippen molar-refractivity contribution in [1.82, 2.24) is 10.6 Å². The van der Waals surface area contributed by atoms with E-state index in [0.717, 1.165) is 28.7 Å². The first-order valence-electron chi connectivity index (χ1n) is 11.4. The molecule has 4 rings (SSSR count). The molecule has 10 heteroatoms. The van der Waals surface area contributed by atoms with Gasteiger partial charge < -0.3 is 20.5 Å². The van der Waals surface area contributed by atoms with E-state index in [2.05, 4.69) is 5.32 Å². The van der Waals surface area contributed by atoms with Crippen molar-refractivity contribution in [2.45, 2.75) is 49.9 Å². The van der Waals surface area contributed by atoms with Crippen LogP contribution in [0, 0.1) is 5.92 Å². The summed E-state index contributed by atoms with van der Waals surface area (Å²) in [7, 11) is 0. The molecule has 0 radical (unpaired) electrons. The first kappa shape index (κ1) is 24.6. The van der Waals surface area contributed by atoms with Gasteiger partial charge in [0.15, 0.2) is 0 Å². The zero-order chi connectivity index (χ0) is 25.2. The number of rotatable bonds is 8. The van der Waals surface area contributed by atoms with Crippen LogP contribution in [0.5, 0.6) is 0 Å². The molecule has 0 bridgehead atoms. The second-order valence-corrected chi connectivity index (χ2v) is 8.84. The summed E-state index contributed by atoms with van der Waals surface area (Å²) in [4.78, 5) is 36.1. The number of nitrogens with one attached hydrogen (secondary N) is 2. The number of benzene rings is 2. The summed E-state index contributed by atoms with van der Waals surface area (Å²) in [6.07, 6.45) is -5.28. The van der Waals surface area contributed by atoms with Crippen LogP contribution >= 0.6 is 0 Å². The molecular formula is C25H25F3N2O5. The number of ether oxygens (including phenoxy) is 1. The summed E-state index contributed by atoms with van der Waals surface area (Å²) in [6.45, 7) is -0.0109. The number of hydrogen-bond acceptors (Lipinski definition) is 4. The summed E-state index contributed by atoms with van der Waals surface area (Å²) in [5, 5.41) is 12.9. The molecule has 2 unspecified atom stereocenters. The van der Waals surface area contributed by atoms with E-state index in [1.54, 1.807) is 5.32 Å². The number of aliphatic carboxylic acids is 1. The number of alkyl carbamates (subject to hydrolysis) is 1. The Balaban J connectivity index is 1.43. The molecule has 3 N–H and O–H groups in total. The predicted molar refractivity (Wildman–Crippen MR) is 120 cm³/mol. The lowest BCUT2D eigenvalue weighted by Crippen LogP contribution is -2.57. The molecule has 35 heavy (non-hydrogen) atoms. The minimum Gasteiger partial charge on any atom is -0.481 e. The van der Waals surface area contributed by atoms with E-state index in [1.165, 1.54) is 0 Å². The predicted octanol–water partition coefficient (Wildman–Crippen LogP) is 4.22. The number of carboxylic acids is 1. The van der Waals surface area contributed by atoms with Gasteiger partial charge in [-0.05, 0) is 41.0 Å². The molecule has 2 aromatic rings. The van der Waals surface area contributed by atoms with Crippen molar-refractivity contribution in [3.05, 3.63) is 59.7 Å². The fourth-order valence-corrected chi connectivity index (χ4v) is 4.62. The van der Waals surface area contributed by atoms with Gasteiger partial charge in [-0.15, -0.1) is 0 Å². The van der Waals surface area contributed by atoms with Crippen LogP contribution in [-0.4, -0.2) is 47.9 Å². The van der Waals surface area contributed by atoms with E-state index in [9.17, 15) is 27.6 Å². The maximum absolute atomic E-state index is 13.2. The Morgan fingerprint density at radius 3 is 2.03 bits per heavy atom. The number of amides is 2. The Morgan fingerprint density at radius 1 is 0.971 bits per heavy atom. The average molecular weight is 490 g/mol. The summed E-state index contributed by atoms with van der Waals surface area (Å²) < 4.78 is 45.1. The molecular weight excluding hydrogens is 465 g/mol. The quantitative estimate of drug-likeness (QED) is 0.514. The number of carbonyl (C=O) groups is 3. The Labute approximate surface area is 199 Å². The van der Waals surface area contributed by atoms with Crippen molar-refractivity contribution < 1.29 is 37.4 Å². The molecule has 0 aliphatic heterocycles. The third-order valence-corrected chi connectivity index (χ3v) is 6.61. The standard InChI is InChI=1S/C25H25F3N2O5/c26-25(27,28)20(12-21(31)32)29-23(33)22(14-6-5-7-14)30-24(34)35-13-19-17-10-3-1-8-15(17)16-9-2-4-11-18(16)19/h1-4,8-11,14,19-20,22H,5-7,12-13H2,(H,29,33)(H,30,34)(H,31,32). The maximum atomic E-state index is 13.2. The zero-order valence-corrected chi connectivity index (χ0v) is 18.7. The highest BCUT2D eigenvalue weighted by Gasteiger charge is 2.44. The van der Waals surface area contributed by atoms with Gasteiger partial charge in [-0.2, -0.15) is 13.2 Å². The molecule has 0 aromatic heterocycles. The van der Waals surface area contributed by atoms with Crippen LogP contribution in [0.25, 0.3) is 11.1 Å². The van der Waals surface area contributed by atoms with Crippen molar-refractivity contribution in [2.24, 2.45) is 5.92 Å². The molecule has 1 saturated carbocycles. The van der Waals surface area contributed by atoms with Crippen LogP contribution in [0.2, 0.25) is 0 Å². The normalized spacial score (nSPS) is 16.9. The molecule has 186 valence electrons. The molecule has 2 atom stereocenters. The van der Waals surface area contributed by atoms with E-state index < -0.39 is 42.7 Å². The van der Waals surface area contributed by atoms with Crippen LogP contribution in [0.15, 0.2) is 48.5 Å². The minimum atomic E-state index is -4.94. The Kier molecular flexibility index (Phi) is 7.00. The lowest BCUT2D eigenvalue weighted by Gasteiger charge is -2.34. The van der Waals surface area contributed by atoms with E-state index in [4.69, 9.17) is 9.84 Å². The molecule has 7 nitrogen and oxygen atoms in total. The molecule has 0 spiro atoms. The van der Waals surface area contributed by atoms with Gasteiger partial charge >= 0.3 is 18.2 Å². The zero-order valence-electron chi connectivity index (χ0n) is 18.7. The average Bonchev–Trinajstić information content (AvgIpc) is 3.08. The van der Waals surface area contributed by atoms with Crippen LogP contribution in [0.1, 0.15) is 42.7 Å². The highest BCUT2D eigenvalue weighted by molar-refractivity contribution is 5.87. The minimum absolute atomic E-state index is 0.0109. The third-order valence-electron chi connectivity index (χ3n) is 6.61. The van der Waals surface area contributed by atoms with Crippen LogP contribution in [0.3, 0.4) is 0 Å². The Morgan fingerprint density at radius 2 is 1.54 bits per heavy atom. The number of halogens is 3. The molecule has 0 saturated heterocycles. The lowest BCUT2D eigenvalue weighted by atomic mass is 9.79. The highest BCUT2D eigenvalue weighted by atomic mass is 19.4.